The van der Waals surface area contributed by atoms with Crippen molar-refractivity contribution in [2.45, 2.75) is 39.3 Å². The number of nitrogens with zero attached hydrogens (tertiary/aromatic N) is 2. The molecule has 0 aromatic carbocycles. The van der Waals surface area contributed by atoms with Gasteiger partial charge in [0.1, 0.15) is 0 Å². The summed E-state index contributed by atoms with van der Waals surface area (Å²) in [5.41, 5.74) is 2.27. The Bertz CT molecular complexity index is 374. The molecule has 3 nitrogen and oxygen atoms in total. The van der Waals surface area contributed by atoms with Crippen LogP contribution in [0.25, 0.3) is 0 Å². The minimum Gasteiger partial charge on any atom is -0.313 e. The van der Waals surface area contributed by atoms with Gasteiger partial charge in [0.2, 0.25) is 0 Å². The van der Waals surface area contributed by atoms with Crippen molar-refractivity contribution in [1.29, 1.82) is 0 Å². The van der Waals surface area contributed by atoms with Gasteiger partial charge in [-0.25, -0.2) is 0 Å². The molecule has 1 saturated carbocycles. The van der Waals surface area contributed by atoms with E-state index in [1.165, 1.54) is 18.5 Å². The van der Waals surface area contributed by atoms with Crippen molar-refractivity contribution in [2.24, 2.45) is 5.92 Å². The highest BCUT2D eigenvalue weighted by Crippen LogP contribution is 2.32. The molecule has 1 aromatic heterocycles. The van der Waals surface area contributed by atoms with Crippen molar-refractivity contribution >= 4 is 0 Å². The number of pyridine rings is 1. The van der Waals surface area contributed by atoms with Gasteiger partial charge in [-0.1, -0.05) is 13.0 Å². The molecule has 1 aromatic rings. The van der Waals surface area contributed by atoms with Crippen molar-refractivity contribution in [3.63, 3.8) is 0 Å². The average molecular weight is 247 g/mol. The van der Waals surface area contributed by atoms with Gasteiger partial charge in [-0.05, 0) is 51.4 Å². The summed E-state index contributed by atoms with van der Waals surface area (Å²) in [7, 11) is 2.19. The van der Waals surface area contributed by atoms with Crippen LogP contribution in [-0.4, -0.2) is 36.1 Å². The van der Waals surface area contributed by atoms with Gasteiger partial charge in [-0.15, -0.1) is 0 Å². The van der Waals surface area contributed by atoms with Crippen LogP contribution in [0.2, 0.25) is 0 Å². The van der Waals surface area contributed by atoms with E-state index in [0.29, 0.717) is 6.04 Å². The predicted octanol–water partition coefficient (Wildman–Crippen LogP) is 2.21. The Morgan fingerprint density at radius 1 is 1.44 bits per heavy atom. The highest BCUT2D eigenvalue weighted by atomic mass is 15.1. The largest absolute Gasteiger partial charge is 0.313 e. The molecular formula is C15H25N3. The molecule has 0 spiro atoms. The van der Waals surface area contributed by atoms with Gasteiger partial charge in [0, 0.05) is 24.8 Å². The lowest BCUT2D eigenvalue weighted by atomic mass is 10.1. The SMILES string of the molecule is CCNC(CN(C)Cc1cccc(C)n1)C1CC1. The van der Waals surface area contributed by atoms with E-state index in [4.69, 9.17) is 0 Å². The first-order chi connectivity index (χ1) is 8.69. The number of aryl methyl sites for hydroxylation is 1. The summed E-state index contributed by atoms with van der Waals surface area (Å²) >= 11 is 0. The second-order valence-corrected chi connectivity index (χ2v) is 5.47. The number of nitrogens with one attached hydrogen (secondary N) is 1. The van der Waals surface area contributed by atoms with Gasteiger partial charge in [0.15, 0.2) is 0 Å². The van der Waals surface area contributed by atoms with E-state index in [0.717, 1.165) is 31.2 Å². The van der Waals surface area contributed by atoms with Crippen molar-refractivity contribution < 1.29 is 0 Å². The summed E-state index contributed by atoms with van der Waals surface area (Å²) in [6.45, 7) is 7.37. The number of aromatic nitrogens is 1. The smallest absolute Gasteiger partial charge is 0.0547 e. The van der Waals surface area contributed by atoms with Gasteiger partial charge in [-0.2, -0.15) is 0 Å². The van der Waals surface area contributed by atoms with Crippen molar-refractivity contribution in [1.82, 2.24) is 15.2 Å². The molecule has 0 aliphatic heterocycles. The van der Waals surface area contributed by atoms with Crippen molar-refractivity contribution in [3.05, 3.63) is 29.6 Å². The Balaban J connectivity index is 1.85. The molecule has 0 amide bonds. The van der Waals surface area contributed by atoms with Crippen LogP contribution in [0.3, 0.4) is 0 Å². The van der Waals surface area contributed by atoms with E-state index in [1.54, 1.807) is 0 Å². The van der Waals surface area contributed by atoms with E-state index in [2.05, 4.69) is 54.3 Å². The second kappa shape index (κ2) is 6.30. The van der Waals surface area contributed by atoms with Crippen LogP contribution in [-0.2, 0) is 6.54 Å². The Labute approximate surface area is 111 Å². The van der Waals surface area contributed by atoms with Crippen LogP contribution in [0.4, 0.5) is 0 Å². The molecule has 1 atom stereocenters. The molecule has 1 aliphatic carbocycles. The molecule has 1 heterocycles. The molecule has 1 N–H and O–H groups in total. The summed E-state index contributed by atoms with van der Waals surface area (Å²) in [6, 6.07) is 6.91. The quantitative estimate of drug-likeness (QED) is 0.800. The zero-order valence-electron chi connectivity index (χ0n) is 11.8. The standard InChI is InChI=1S/C15H25N3/c1-4-16-15(13-8-9-13)11-18(3)10-14-7-5-6-12(2)17-14/h5-7,13,15-16H,4,8-11H2,1-3H3. The average Bonchev–Trinajstić information content (AvgIpc) is 3.12. The lowest BCUT2D eigenvalue weighted by molar-refractivity contribution is 0.266. The maximum absolute atomic E-state index is 4.56. The molecule has 2 rings (SSSR count). The third kappa shape index (κ3) is 4.07. The third-order valence-corrected chi connectivity index (χ3v) is 3.54. The van der Waals surface area contributed by atoms with Crippen LogP contribution < -0.4 is 5.32 Å². The number of hydrogen-bond donors (Lipinski definition) is 1. The number of likely N-dealkylation sites (N-methyl/N-ethyl adjacent to an activating group) is 2. The predicted molar refractivity (Wildman–Crippen MR) is 75.5 cm³/mol. The number of hydrogen-bond acceptors (Lipinski definition) is 3. The Morgan fingerprint density at radius 3 is 2.83 bits per heavy atom. The highest BCUT2D eigenvalue weighted by molar-refractivity contribution is 5.09. The fourth-order valence-corrected chi connectivity index (χ4v) is 2.51. The number of rotatable bonds is 7. The lowest BCUT2D eigenvalue weighted by Crippen LogP contribution is -2.40. The van der Waals surface area contributed by atoms with E-state index in [9.17, 15) is 0 Å². The van der Waals surface area contributed by atoms with E-state index >= 15 is 0 Å². The van der Waals surface area contributed by atoms with Gasteiger partial charge >= 0.3 is 0 Å². The summed E-state index contributed by atoms with van der Waals surface area (Å²) in [5, 5.41) is 3.61. The van der Waals surface area contributed by atoms with Crippen LogP contribution >= 0.6 is 0 Å². The zero-order chi connectivity index (χ0) is 13.0. The third-order valence-electron chi connectivity index (χ3n) is 3.54. The molecule has 18 heavy (non-hydrogen) atoms. The van der Waals surface area contributed by atoms with E-state index in [1.807, 2.05) is 0 Å². The summed E-state index contributed by atoms with van der Waals surface area (Å²) in [4.78, 5) is 6.95. The summed E-state index contributed by atoms with van der Waals surface area (Å²) in [5.74, 6) is 0.901. The monoisotopic (exact) mass is 247 g/mol. The minimum absolute atomic E-state index is 0.657. The van der Waals surface area contributed by atoms with Gasteiger partial charge in [0.05, 0.1) is 5.69 Å². The fourth-order valence-electron chi connectivity index (χ4n) is 2.51. The molecule has 1 unspecified atom stereocenters. The highest BCUT2D eigenvalue weighted by Gasteiger charge is 2.31. The topological polar surface area (TPSA) is 28.2 Å². The Morgan fingerprint density at radius 2 is 2.22 bits per heavy atom. The van der Waals surface area contributed by atoms with Gasteiger partial charge in [-0.3, -0.25) is 9.88 Å². The van der Waals surface area contributed by atoms with Crippen molar-refractivity contribution in [3.8, 4) is 0 Å². The first-order valence-corrected chi connectivity index (χ1v) is 7.03. The second-order valence-electron chi connectivity index (χ2n) is 5.47. The summed E-state index contributed by atoms with van der Waals surface area (Å²) in [6.07, 6.45) is 2.79. The minimum atomic E-state index is 0.657. The Kier molecular flexibility index (Phi) is 4.72. The zero-order valence-corrected chi connectivity index (χ0v) is 11.8. The fraction of sp³-hybridized carbons (Fsp3) is 0.667. The maximum Gasteiger partial charge on any atom is 0.0547 e. The molecule has 1 aliphatic rings. The van der Waals surface area contributed by atoms with Gasteiger partial charge in [0.25, 0.3) is 0 Å². The molecule has 100 valence electrons. The molecule has 0 bridgehead atoms. The van der Waals surface area contributed by atoms with Crippen LogP contribution in [0.1, 0.15) is 31.2 Å². The normalized spacial score (nSPS) is 17.1. The van der Waals surface area contributed by atoms with Crippen LogP contribution in [0.5, 0.6) is 0 Å². The van der Waals surface area contributed by atoms with E-state index < -0.39 is 0 Å². The summed E-state index contributed by atoms with van der Waals surface area (Å²) < 4.78 is 0. The maximum atomic E-state index is 4.56. The lowest BCUT2D eigenvalue weighted by Gasteiger charge is -2.24. The molecule has 0 saturated heterocycles. The molecule has 3 heteroatoms. The Hall–Kier alpha value is -0.930. The molecule has 0 radical (unpaired) electrons. The first kappa shape index (κ1) is 13.5. The first-order valence-electron chi connectivity index (χ1n) is 7.03. The van der Waals surface area contributed by atoms with Crippen LogP contribution in [0.15, 0.2) is 18.2 Å². The molecular weight excluding hydrogens is 222 g/mol. The van der Waals surface area contributed by atoms with Crippen molar-refractivity contribution in [2.75, 3.05) is 20.1 Å². The molecule has 1 fully saturated rings. The van der Waals surface area contributed by atoms with Crippen LogP contribution in [0, 0.1) is 12.8 Å². The van der Waals surface area contributed by atoms with Gasteiger partial charge < -0.3 is 5.32 Å². The van der Waals surface area contributed by atoms with E-state index in [-0.39, 0.29) is 0 Å².